The van der Waals surface area contributed by atoms with Crippen molar-refractivity contribution in [1.29, 1.82) is 0 Å². The van der Waals surface area contributed by atoms with Gasteiger partial charge in [-0.1, -0.05) is 36.4 Å². The Kier molecular flexibility index (Phi) is 10.9. The van der Waals surface area contributed by atoms with E-state index < -0.39 is 11.9 Å². The summed E-state index contributed by atoms with van der Waals surface area (Å²) in [5, 5.41) is 19.3. The number of aliphatic carboxylic acids is 2. The number of benzene rings is 1. The van der Waals surface area contributed by atoms with E-state index >= 15 is 0 Å². The fraction of sp³-hybridized carbons (Fsp3) is 0.385. The number of carbonyl (C=O) groups excluding carboxylic acids is 1. The maximum absolute atomic E-state index is 12.9. The number of carboxylic acid groups (broad SMARTS) is 2. The van der Waals surface area contributed by atoms with E-state index in [1.54, 1.807) is 18.0 Å². The van der Waals surface area contributed by atoms with Crippen LogP contribution in [-0.4, -0.2) is 87.4 Å². The highest BCUT2D eigenvalue weighted by molar-refractivity contribution is 7.99. The molecule has 3 heterocycles. The standard InChI is InChI=1S/C22H28N4OS.C4H4O4/c27-22(20-17-28-21(24-20)19-9-4-10-23-16-19)26-14-12-25(13-15-26)11-5-8-18-6-2-1-3-7-18;5-3(6)1-2-4(7)8/h1-4,6-7,9-10,16,20-21,24H,5,8,11-15,17H2;1-2H,(H,5,6)(H,7,8). The number of thioether (sulfide) groups is 1. The minimum atomic E-state index is -1.26. The quantitative estimate of drug-likeness (QED) is 0.457. The molecule has 0 spiro atoms. The smallest absolute Gasteiger partial charge is 0.328 e. The molecule has 192 valence electrons. The Morgan fingerprint density at radius 1 is 1.00 bits per heavy atom. The third-order valence-corrected chi connectivity index (χ3v) is 7.17. The second-order valence-corrected chi connectivity index (χ2v) is 9.62. The zero-order valence-electron chi connectivity index (χ0n) is 20.0. The molecule has 2 fully saturated rings. The topological polar surface area (TPSA) is 123 Å². The molecule has 0 aliphatic carbocycles. The van der Waals surface area contributed by atoms with Crippen molar-refractivity contribution in [1.82, 2.24) is 20.1 Å². The van der Waals surface area contributed by atoms with Gasteiger partial charge < -0.3 is 15.1 Å². The normalized spacial score (nSPS) is 20.1. The van der Waals surface area contributed by atoms with Crippen LogP contribution in [0.15, 0.2) is 67.0 Å². The van der Waals surface area contributed by atoms with E-state index in [1.807, 2.05) is 17.2 Å². The first-order chi connectivity index (χ1) is 17.4. The average molecular weight is 513 g/mol. The zero-order valence-corrected chi connectivity index (χ0v) is 20.8. The van der Waals surface area contributed by atoms with Crippen LogP contribution in [-0.2, 0) is 20.8 Å². The molecule has 0 bridgehead atoms. The van der Waals surface area contributed by atoms with Crippen molar-refractivity contribution in [3.63, 3.8) is 0 Å². The van der Waals surface area contributed by atoms with Crippen molar-refractivity contribution in [2.75, 3.05) is 38.5 Å². The Morgan fingerprint density at radius 3 is 2.31 bits per heavy atom. The number of nitrogens with zero attached hydrogens (tertiary/aromatic N) is 3. The Balaban J connectivity index is 0.000000392. The molecule has 0 radical (unpaired) electrons. The number of piperazine rings is 1. The fourth-order valence-corrected chi connectivity index (χ4v) is 5.26. The number of hydrogen-bond acceptors (Lipinski definition) is 7. The average Bonchev–Trinajstić information content (AvgIpc) is 3.40. The summed E-state index contributed by atoms with van der Waals surface area (Å²) in [6.07, 6.45) is 7.08. The molecule has 4 rings (SSSR count). The molecule has 2 atom stereocenters. The number of rotatable bonds is 8. The molecule has 1 aromatic heterocycles. The van der Waals surface area contributed by atoms with E-state index in [1.165, 1.54) is 12.0 Å². The summed E-state index contributed by atoms with van der Waals surface area (Å²) in [5.41, 5.74) is 2.55. The summed E-state index contributed by atoms with van der Waals surface area (Å²) in [4.78, 5) is 40.7. The number of nitrogens with one attached hydrogen (secondary N) is 1. The van der Waals surface area contributed by atoms with Gasteiger partial charge >= 0.3 is 11.9 Å². The molecular weight excluding hydrogens is 480 g/mol. The molecule has 1 aromatic carbocycles. The number of carboxylic acids is 2. The molecule has 2 aromatic rings. The summed E-state index contributed by atoms with van der Waals surface area (Å²) in [6, 6.07) is 14.6. The third kappa shape index (κ3) is 9.10. The summed E-state index contributed by atoms with van der Waals surface area (Å²) in [5.74, 6) is -1.43. The first-order valence-corrected chi connectivity index (χ1v) is 12.9. The molecule has 36 heavy (non-hydrogen) atoms. The van der Waals surface area contributed by atoms with Gasteiger partial charge in [0.25, 0.3) is 0 Å². The van der Waals surface area contributed by atoms with Crippen LogP contribution in [0.2, 0.25) is 0 Å². The number of aromatic nitrogens is 1. The van der Waals surface area contributed by atoms with Crippen molar-refractivity contribution in [3.05, 3.63) is 78.1 Å². The van der Waals surface area contributed by atoms with Crippen LogP contribution in [0.3, 0.4) is 0 Å². The van der Waals surface area contributed by atoms with Gasteiger partial charge in [-0.15, -0.1) is 11.8 Å². The summed E-state index contributed by atoms with van der Waals surface area (Å²) < 4.78 is 0. The molecule has 2 saturated heterocycles. The minimum Gasteiger partial charge on any atom is -0.478 e. The molecule has 10 heteroatoms. The lowest BCUT2D eigenvalue weighted by molar-refractivity contribution is -0.134. The van der Waals surface area contributed by atoms with E-state index in [0.717, 1.165) is 50.5 Å². The molecule has 2 aliphatic rings. The summed E-state index contributed by atoms with van der Waals surface area (Å²) >= 11 is 1.80. The zero-order chi connectivity index (χ0) is 25.8. The second-order valence-electron chi connectivity index (χ2n) is 8.48. The van der Waals surface area contributed by atoms with Gasteiger partial charge in [0.2, 0.25) is 5.91 Å². The van der Waals surface area contributed by atoms with Crippen molar-refractivity contribution in [2.24, 2.45) is 0 Å². The Morgan fingerprint density at radius 2 is 1.69 bits per heavy atom. The molecule has 1 amide bonds. The third-order valence-electron chi connectivity index (χ3n) is 5.90. The molecule has 9 nitrogen and oxygen atoms in total. The van der Waals surface area contributed by atoms with Crippen molar-refractivity contribution in [2.45, 2.75) is 24.3 Å². The first-order valence-electron chi connectivity index (χ1n) is 11.9. The van der Waals surface area contributed by atoms with E-state index in [2.05, 4.69) is 51.6 Å². The maximum Gasteiger partial charge on any atom is 0.328 e. The van der Waals surface area contributed by atoms with Crippen LogP contribution in [0, 0.1) is 0 Å². The van der Waals surface area contributed by atoms with Gasteiger partial charge in [0.15, 0.2) is 0 Å². The fourth-order valence-electron chi connectivity index (χ4n) is 4.04. The van der Waals surface area contributed by atoms with Crippen LogP contribution < -0.4 is 5.32 Å². The van der Waals surface area contributed by atoms with Gasteiger partial charge in [0, 0.05) is 56.5 Å². The number of hydrogen-bond donors (Lipinski definition) is 3. The van der Waals surface area contributed by atoms with Gasteiger partial charge in [-0.05, 0) is 36.6 Å². The highest BCUT2D eigenvalue weighted by Crippen LogP contribution is 2.32. The largest absolute Gasteiger partial charge is 0.478 e. The molecule has 3 N–H and O–H groups in total. The molecular formula is C26H32N4O5S. The van der Waals surface area contributed by atoms with Gasteiger partial charge in [-0.25, -0.2) is 9.59 Å². The van der Waals surface area contributed by atoms with Gasteiger partial charge in [-0.2, -0.15) is 0 Å². The van der Waals surface area contributed by atoms with Crippen molar-refractivity contribution in [3.8, 4) is 0 Å². The van der Waals surface area contributed by atoms with Crippen LogP contribution >= 0.6 is 11.8 Å². The predicted octanol–water partition coefficient (Wildman–Crippen LogP) is 2.27. The lowest BCUT2D eigenvalue weighted by Crippen LogP contribution is -2.53. The highest BCUT2D eigenvalue weighted by atomic mass is 32.2. The van der Waals surface area contributed by atoms with Gasteiger partial charge in [0.05, 0.1) is 11.4 Å². The Hall–Kier alpha value is -3.21. The van der Waals surface area contributed by atoms with Crippen LogP contribution in [0.1, 0.15) is 22.9 Å². The summed E-state index contributed by atoms with van der Waals surface area (Å²) in [7, 11) is 0. The lowest BCUT2D eigenvalue weighted by atomic mass is 10.1. The van der Waals surface area contributed by atoms with Gasteiger partial charge in [-0.3, -0.25) is 20.0 Å². The summed E-state index contributed by atoms with van der Waals surface area (Å²) in [6.45, 7) is 4.74. The lowest BCUT2D eigenvalue weighted by Gasteiger charge is -2.36. The van der Waals surface area contributed by atoms with Crippen LogP contribution in [0.25, 0.3) is 0 Å². The van der Waals surface area contributed by atoms with Crippen LogP contribution in [0.5, 0.6) is 0 Å². The van der Waals surface area contributed by atoms with E-state index in [4.69, 9.17) is 10.2 Å². The highest BCUT2D eigenvalue weighted by Gasteiger charge is 2.34. The van der Waals surface area contributed by atoms with Crippen molar-refractivity contribution < 1.29 is 24.6 Å². The SMILES string of the molecule is O=C(C1CSC(c2cccnc2)N1)N1CCN(CCCc2ccccc2)CC1.O=C(O)C=CC(=O)O. The molecule has 0 saturated carbocycles. The second kappa shape index (κ2) is 14.4. The van der Waals surface area contributed by atoms with Crippen LogP contribution in [0.4, 0.5) is 0 Å². The Bertz CT molecular complexity index is 998. The maximum atomic E-state index is 12.9. The first kappa shape index (κ1) is 27.4. The number of aryl methyl sites for hydroxylation is 1. The van der Waals surface area contributed by atoms with E-state index in [-0.39, 0.29) is 17.3 Å². The Labute approximate surface area is 215 Å². The number of amides is 1. The minimum absolute atomic E-state index is 0.0835. The van der Waals surface area contributed by atoms with E-state index in [0.29, 0.717) is 12.2 Å². The van der Waals surface area contributed by atoms with Crippen molar-refractivity contribution >= 4 is 29.6 Å². The van der Waals surface area contributed by atoms with Gasteiger partial charge in [0.1, 0.15) is 0 Å². The molecule has 2 unspecified atom stereocenters. The van der Waals surface area contributed by atoms with E-state index in [9.17, 15) is 14.4 Å². The number of pyridine rings is 1. The monoisotopic (exact) mass is 512 g/mol. The predicted molar refractivity (Wildman–Crippen MR) is 139 cm³/mol. The molecule has 2 aliphatic heterocycles. The number of carbonyl (C=O) groups is 3.